The van der Waals surface area contributed by atoms with Crippen molar-refractivity contribution in [2.45, 2.75) is 13.3 Å². The first kappa shape index (κ1) is 17.3. The van der Waals surface area contributed by atoms with Crippen LogP contribution in [0, 0.1) is 11.8 Å². The fraction of sp³-hybridized carbons (Fsp3) is 0.353. The molecule has 1 aliphatic heterocycles. The van der Waals surface area contributed by atoms with Crippen LogP contribution in [0.4, 0.5) is 10.5 Å². The number of nitrogens with zero attached hydrogens (tertiary/aromatic N) is 3. The van der Waals surface area contributed by atoms with Crippen LogP contribution in [-0.4, -0.2) is 44.9 Å². The van der Waals surface area contributed by atoms with Crippen molar-refractivity contribution in [1.82, 2.24) is 14.7 Å². The van der Waals surface area contributed by atoms with Crippen LogP contribution in [0.2, 0.25) is 5.02 Å². The van der Waals surface area contributed by atoms with Gasteiger partial charge in [0.25, 0.3) is 0 Å². The number of aliphatic carboxylic acids is 1. The zero-order valence-corrected chi connectivity index (χ0v) is 14.5. The number of amides is 2. The van der Waals surface area contributed by atoms with Gasteiger partial charge in [-0.05, 0) is 36.6 Å². The molecule has 1 saturated heterocycles. The number of urea groups is 1. The second-order valence-electron chi connectivity index (χ2n) is 6.33. The first-order valence-corrected chi connectivity index (χ1v) is 8.40. The summed E-state index contributed by atoms with van der Waals surface area (Å²) in [4.78, 5) is 25.2. The molecule has 0 saturated carbocycles. The number of piperidine rings is 1. The predicted octanol–water partition coefficient (Wildman–Crippen LogP) is 3.10. The molecule has 0 spiro atoms. The van der Waals surface area contributed by atoms with Crippen molar-refractivity contribution in [2.24, 2.45) is 11.8 Å². The number of hydrogen-bond acceptors (Lipinski definition) is 3. The largest absolute Gasteiger partial charge is 0.481 e. The fourth-order valence-corrected chi connectivity index (χ4v) is 3.35. The highest BCUT2D eigenvalue weighted by molar-refractivity contribution is 6.32. The fourth-order valence-electron chi connectivity index (χ4n) is 3.08. The van der Waals surface area contributed by atoms with Crippen molar-refractivity contribution >= 4 is 29.3 Å². The molecule has 1 aliphatic rings. The molecule has 2 atom stereocenters. The number of hydrogen-bond donors (Lipinski definition) is 2. The molecule has 2 aromatic rings. The van der Waals surface area contributed by atoms with E-state index in [2.05, 4.69) is 10.4 Å². The standard InChI is InChI=1S/C17H19ClN4O3/c1-11-7-12(16(23)24)10-21(9-11)17(25)20-13-3-4-15(14(18)8-13)22-6-2-5-19-22/h2-6,8,11-12H,7,9-10H2,1H3,(H,20,25)(H,23,24). The van der Waals surface area contributed by atoms with Crippen LogP contribution in [0.3, 0.4) is 0 Å². The van der Waals surface area contributed by atoms with Gasteiger partial charge in [0, 0.05) is 31.2 Å². The molecule has 1 fully saturated rings. The lowest BCUT2D eigenvalue weighted by atomic mass is 9.91. The summed E-state index contributed by atoms with van der Waals surface area (Å²) in [6.45, 7) is 2.70. The maximum atomic E-state index is 12.5. The number of halogens is 1. The quantitative estimate of drug-likeness (QED) is 0.878. The van der Waals surface area contributed by atoms with Crippen LogP contribution in [0.15, 0.2) is 36.7 Å². The molecule has 2 amide bonds. The average molecular weight is 363 g/mol. The molecular formula is C17H19ClN4O3. The molecule has 2 N–H and O–H groups in total. The van der Waals surface area contributed by atoms with Crippen LogP contribution >= 0.6 is 11.6 Å². The van der Waals surface area contributed by atoms with E-state index in [1.54, 1.807) is 46.2 Å². The van der Waals surface area contributed by atoms with Crippen molar-refractivity contribution in [3.05, 3.63) is 41.7 Å². The van der Waals surface area contributed by atoms with Gasteiger partial charge in [-0.1, -0.05) is 18.5 Å². The monoisotopic (exact) mass is 362 g/mol. The Morgan fingerprint density at radius 3 is 2.80 bits per heavy atom. The molecule has 0 bridgehead atoms. The van der Waals surface area contributed by atoms with E-state index in [1.807, 2.05) is 6.92 Å². The molecule has 7 nitrogen and oxygen atoms in total. The molecule has 0 radical (unpaired) electrons. The lowest BCUT2D eigenvalue weighted by Gasteiger charge is -2.34. The van der Waals surface area contributed by atoms with E-state index in [-0.39, 0.29) is 18.5 Å². The van der Waals surface area contributed by atoms with Gasteiger partial charge in [-0.15, -0.1) is 0 Å². The van der Waals surface area contributed by atoms with Crippen LogP contribution in [0.5, 0.6) is 0 Å². The number of carbonyl (C=O) groups is 2. The highest BCUT2D eigenvalue weighted by atomic mass is 35.5. The SMILES string of the molecule is CC1CC(C(=O)O)CN(C(=O)Nc2ccc(-n3cccn3)c(Cl)c2)C1. The lowest BCUT2D eigenvalue weighted by Crippen LogP contribution is -2.47. The van der Waals surface area contributed by atoms with E-state index in [1.165, 1.54) is 0 Å². The predicted molar refractivity (Wildman–Crippen MR) is 94.1 cm³/mol. The first-order valence-electron chi connectivity index (χ1n) is 8.02. The van der Waals surface area contributed by atoms with Gasteiger partial charge in [0.2, 0.25) is 0 Å². The normalized spacial score (nSPS) is 20.3. The van der Waals surface area contributed by atoms with Crippen molar-refractivity contribution < 1.29 is 14.7 Å². The molecule has 132 valence electrons. The van der Waals surface area contributed by atoms with Gasteiger partial charge < -0.3 is 15.3 Å². The Hall–Kier alpha value is -2.54. The topological polar surface area (TPSA) is 87.5 Å². The number of carbonyl (C=O) groups excluding carboxylic acids is 1. The summed E-state index contributed by atoms with van der Waals surface area (Å²) >= 11 is 6.27. The number of benzene rings is 1. The van der Waals surface area contributed by atoms with Crippen molar-refractivity contribution in [3.8, 4) is 5.69 Å². The highest BCUT2D eigenvalue weighted by Crippen LogP contribution is 2.26. The van der Waals surface area contributed by atoms with Gasteiger partial charge in [-0.2, -0.15) is 5.10 Å². The summed E-state index contributed by atoms with van der Waals surface area (Å²) in [5.74, 6) is -1.25. The number of likely N-dealkylation sites (tertiary alicyclic amines) is 1. The van der Waals surface area contributed by atoms with E-state index < -0.39 is 11.9 Å². The number of rotatable bonds is 3. The maximum absolute atomic E-state index is 12.5. The minimum atomic E-state index is -0.865. The maximum Gasteiger partial charge on any atom is 0.321 e. The molecule has 2 unspecified atom stereocenters. The Morgan fingerprint density at radius 1 is 1.36 bits per heavy atom. The van der Waals surface area contributed by atoms with Gasteiger partial charge in [0.15, 0.2) is 0 Å². The molecule has 1 aromatic carbocycles. The Labute approximate surface area is 150 Å². The molecular weight excluding hydrogens is 344 g/mol. The van der Waals surface area contributed by atoms with Crippen LogP contribution in [0.1, 0.15) is 13.3 Å². The Bertz CT molecular complexity index is 778. The van der Waals surface area contributed by atoms with Crippen molar-refractivity contribution in [3.63, 3.8) is 0 Å². The zero-order chi connectivity index (χ0) is 18.0. The highest BCUT2D eigenvalue weighted by Gasteiger charge is 2.31. The Morgan fingerprint density at radius 2 is 2.16 bits per heavy atom. The summed E-state index contributed by atoms with van der Waals surface area (Å²) in [7, 11) is 0. The van der Waals surface area contributed by atoms with Crippen LogP contribution in [0.25, 0.3) is 5.69 Å². The third-order valence-electron chi connectivity index (χ3n) is 4.25. The minimum Gasteiger partial charge on any atom is -0.481 e. The molecule has 2 heterocycles. The molecule has 1 aromatic heterocycles. The van der Waals surface area contributed by atoms with Crippen molar-refractivity contribution in [2.75, 3.05) is 18.4 Å². The molecule has 25 heavy (non-hydrogen) atoms. The number of carboxylic acid groups (broad SMARTS) is 1. The summed E-state index contributed by atoms with van der Waals surface area (Å²) in [6.07, 6.45) is 4.02. The summed E-state index contributed by atoms with van der Waals surface area (Å²) in [5.41, 5.74) is 1.26. The van der Waals surface area contributed by atoms with Gasteiger partial charge in [-0.25, -0.2) is 9.48 Å². The third-order valence-corrected chi connectivity index (χ3v) is 4.55. The van der Waals surface area contributed by atoms with Gasteiger partial charge in [-0.3, -0.25) is 4.79 Å². The minimum absolute atomic E-state index is 0.145. The second-order valence-corrected chi connectivity index (χ2v) is 6.74. The molecule has 3 rings (SSSR count). The molecule has 8 heteroatoms. The van der Waals surface area contributed by atoms with E-state index in [4.69, 9.17) is 11.6 Å². The number of carboxylic acids is 1. The number of anilines is 1. The van der Waals surface area contributed by atoms with Gasteiger partial charge in [0.05, 0.1) is 16.6 Å². The van der Waals surface area contributed by atoms with Crippen LogP contribution in [-0.2, 0) is 4.79 Å². The lowest BCUT2D eigenvalue weighted by molar-refractivity contribution is -0.143. The average Bonchev–Trinajstić information content (AvgIpc) is 3.08. The van der Waals surface area contributed by atoms with E-state index >= 15 is 0 Å². The smallest absolute Gasteiger partial charge is 0.321 e. The summed E-state index contributed by atoms with van der Waals surface area (Å²) < 4.78 is 1.64. The van der Waals surface area contributed by atoms with E-state index in [0.717, 1.165) is 0 Å². The summed E-state index contributed by atoms with van der Waals surface area (Å²) in [5, 5.41) is 16.6. The number of nitrogens with one attached hydrogen (secondary N) is 1. The second kappa shape index (κ2) is 7.14. The summed E-state index contributed by atoms with van der Waals surface area (Å²) in [6, 6.07) is 6.63. The zero-order valence-electron chi connectivity index (χ0n) is 13.7. The van der Waals surface area contributed by atoms with Gasteiger partial charge in [0.1, 0.15) is 0 Å². The van der Waals surface area contributed by atoms with Gasteiger partial charge >= 0.3 is 12.0 Å². The van der Waals surface area contributed by atoms with Crippen LogP contribution < -0.4 is 5.32 Å². The molecule has 0 aliphatic carbocycles. The van der Waals surface area contributed by atoms with Crippen molar-refractivity contribution in [1.29, 1.82) is 0 Å². The third kappa shape index (κ3) is 3.93. The Kier molecular flexibility index (Phi) is 4.94. The van der Waals surface area contributed by atoms with E-state index in [0.29, 0.717) is 29.4 Å². The Balaban J connectivity index is 1.70. The number of aromatic nitrogens is 2. The first-order chi connectivity index (χ1) is 11.9. The van der Waals surface area contributed by atoms with E-state index in [9.17, 15) is 14.7 Å².